The Morgan fingerprint density at radius 2 is 1.89 bits per heavy atom. The van der Waals surface area contributed by atoms with E-state index in [0.717, 1.165) is 43.4 Å². The van der Waals surface area contributed by atoms with E-state index in [9.17, 15) is 18.0 Å². The number of nitrogens with one attached hydrogen (secondary N) is 1. The van der Waals surface area contributed by atoms with Gasteiger partial charge in [0.1, 0.15) is 0 Å². The molecule has 1 aliphatic rings. The number of carbonyl (C=O) groups is 1. The number of aromatic nitrogens is 6. The fraction of sp³-hybridized carbons (Fsp3) is 0.217. The maximum atomic E-state index is 14.7. The lowest BCUT2D eigenvalue weighted by molar-refractivity contribution is 0.102. The Balaban J connectivity index is 1.33. The minimum absolute atomic E-state index is 0.269. The van der Waals surface area contributed by atoms with Crippen molar-refractivity contribution < 1.29 is 18.0 Å². The van der Waals surface area contributed by atoms with E-state index in [4.69, 9.17) is 17.3 Å². The Kier molecular flexibility index (Phi) is 6.61. The van der Waals surface area contributed by atoms with Gasteiger partial charge in [0, 0.05) is 48.4 Å². The van der Waals surface area contributed by atoms with Crippen molar-refractivity contribution in [2.45, 2.75) is 19.4 Å². The molecule has 14 heteroatoms. The number of anilines is 3. The van der Waals surface area contributed by atoms with Gasteiger partial charge in [0.05, 0.1) is 35.3 Å². The fourth-order valence-corrected chi connectivity index (χ4v) is 3.85. The van der Waals surface area contributed by atoms with Crippen LogP contribution in [0.3, 0.4) is 0 Å². The standard InChI is InChI=1S/C23H19ClF3N9O/c24-15-3-2-14(20(26)27)17(18(15)25)16-9-29-21(28)19(34-16)22(37)33-13-8-32-36(11-13)10-12-6-30-23(31-7-12)35-4-1-5-35/h2-3,6-9,11,20H,1,4-5,10H2,(H2,28,29)(H,33,37). The monoisotopic (exact) mass is 529 g/mol. The molecule has 5 rings (SSSR count). The van der Waals surface area contributed by atoms with E-state index < -0.39 is 29.3 Å². The molecule has 0 aliphatic carbocycles. The van der Waals surface area contributed by atoms with E-state index in [-0.39, 0.29) is 22.2 Å². The quantitative estimate of drug-likeness (QED) is 0.368. The zero-order valence-corrected chi connectivity index (χ0v) is 19.8. The van der Waals surface area contributed by atoms with E-state index in [1.807, 2.05) is 0 Å². The van der Waals surface area contributed by atoms with Gasteiger partial charge in [-0.25, -0.2) is 33.1 Å². The average molecular weight is 530 g/mol. The normalized spacial score (nSPS) is 13.1. The molecule has 0 spiro atoms. The number of alkyl halides is 2. The second-order valence-electron chi connectivity index (χ2n) is 8.23. The summed E-state index contributed by atoms with van der Waals surface area (Å²) >= 11 is 5.78. The molecular weight excluding hydrogens is 511 g/mol. The third kappa shape index (κ3) is 5.03. The molecule has 0 bridgehead atoms. The number of nitrogens with two attached hydrogens (primary N) is 1. The molecule has 0 radical (unpaired) electrons. The van der Waals surface area contributed by atoms with E-state index in [1.165, 1.54) is 6.20 Å². The molecule has 3 aromatic heterocycles. The van der Waals surface area contributed by atoms with Crippen LogP contribution in [-0.2, 0) is 6.54 Å². The summed E-state index contributed by atoms with van der Waals surface area (Å²) in [6.45, 7) is 2.25. The molecule has 1 aromatic carbocycles. The van der Waals surface area contributed by atoms with Crippen LogP contribution in [0, 0.1) is 5.82 Å². The molecular formula is C23H19ClF3N9O. The minimum atomic E-state index is -3.01. The van der Waals surface area contributed by atoms with Gasteiger partial charge in [-0.1, -0.05) is 17.7 Å². The predicted molar refractivity (Wildman–Crippen MR) is 130 cm³/mol. The summed E-state index contributed by atoms with van der Waals surface area (Å²) < 4.78 is 43.2. The summed E-state index contributed by atoms with van der Waals surface area (Å²) in [5, 5.41) is 6.40. The Hall–Kier alpha value is -4.26. The third-order valence-corrected chi connectivity index (χ3v) is 5.99. The second kappa shape index (κ2) is 10.0. The van der Waals surface area contributed by atoms with Crippen molar-refractivity contribution in [1.29, 1.82) is 0 Å². The van der Waals surface area contributed by atoms with Crippen LogP contribution in [0.4, 0.5) is 30.6 Å². The SMILES string of the molecule is Nc1ncc(-c2c(C(F)F)ccc(Cl)c2F)nc1C(=O)Nc1cnn(Cc2cnc(N3CCC3)nc2)c1. The number of carbonyl (C=O) groups excluding carboxylic acids is 1. The van der Waals surface area contributed by atoms with Crippen molar-refractivity contribution in [1.82, 2.24) is 29.7 Å². The van der Waals surface area contributed by atoms with Crippen LogP contribution in [0.15, 0.2) is 43.1 Å². The summed E-state index contributed by atoms with van der Waals surface area (Å²) in [5.41, 5.74) is 5.04. The molecule has 0 unspecified atom stereocenters. The highest BCUT2D eigenvalue weighted by Gasteiger charge is 2.24. The number of rotatable bonds is 7. The highest BCUT2D eigenvalue weighted by atomic mass is 35.5. The summed E-state index contributed by atoms with van der Waals surface area (Å²) in [4.78, 5) is 31.5. The van der Waals surface area contributed by atoms with Gasteiger partial charge in [-0.15, -0.1) is 0 Å². The number of amides is 1. The molecule has 37 heavy (non-hydrogen) atoms. The van der Waals surface area contributed by atoms with Crippen molar-refractivity contribution in [2.75, 3.05) is 29.0 Å². The number of hydrogen-bond acceptors (Lipinski definition) is 8. The Labute approximate surface area is 213 Å². The second-order valence-corrected chi connectivity index (χ2v) is 8.64. The summed E-state index contributed by atoms with van der Waals surface area (Å²) in [6.07, 6.45) is 5.52. The van der Waals surface area contributed by atoms with Crippen LogP contribution >= 0.6 is 11.6 Å². The lowest BCUT2D eigenvalue weighted by atomic mass is 10.0. The summed E-state index contributed by atoms with van der Waals surface area (Å²) in [7, 11) is 0. The first-order chi connectivity index (χ1) is 17.8. The first-order valence-electron chi connectivity index (χ1n) is 11.1. The van der Waals surface area contributed by atoms with Gasteiger partial charge >= 0.3 is 0 Å². The average Bonchev–Trinajstić information content (AvgIpc) is 3.27. The third-order valence-electron chi connectivity index (χ3n) is 5.70. The van der Waals surface area contributed by atoms with Crippen LogP contribution in [0.5, 0.6) is 0 Å². The fourth-order valence-electron chi connectivity index (χ4n) is 3.69. The van der Waals surface area contributed by atoms with Gasteiger partial charge < -0.3 is 16.0 Å². The van der Waals surface area contributed by atoms with E-state index >= 15 is 0 Å². The molecule has 4 aromatic rings. The van der Waals surface area contributed by atoms with Crippen molar-refractivity contribution in [3.8, 4) is 11.3 Å². The van der Waals surface area contributed by atoms with Gasteiger partial charge in [-0.2, -0.15) is 5.10 Å². The largest absolute Gasteiger partial charge is 0.382 e. The lowest BCUT2D eigenvalue weighted by Crippen LogP contribution is -2.38. The van der Waals surface area contributed by atoms with Crippen LogP contribution < -0.4 is 16.0 Å². The molecule has 0 saturated carbocycles. The van der Waals surface area contributed by atoms with Crippen molar-refractivity contribution in [2.24, 2.45) is 0 Å². The van der Waals surface area contributed by atoms with Gasteiger partial charge in [-0.3, -0.25) is 9.48 Å². The number of benzene rings is 1. The van der Waals surface area contributed by atoms with E-state index in [2.05, 4.69) is 35.3 Å². The van der Waals surface area contributed by atoms with Gasteiger partial charge in [-0.05, 0) is 12.5 Å². The van der Waals surface area contributed by atoms with Gasteiger partial charge in [0.15, 0.2) is 17.3 Å². The zero-order valence-electron chi connectivity index (χ0n) is 19.1. The van der Waals surface area contributed by atoms with Crippen LogP contribution in [0.25, 0.3) is 11.3 Å². The molecule has 1 fully saturated rings. The van der Waals surface area contributed by atoms with Crippen LogP contribution in [0.2, 0.25) is 5.02 Å². The molecule has 4 heterocycles. The smallest absolute Gasteiger partial charge is 0.278 e. The first kappa shape index (κ1) is 24.4. The van der Waals surface area contributed by atoms with Crippen LogP contribution in [-0.4, -0.2) is 48.7 Å². The summed E-state index contributed by atoms with van der Waals surface area (Å²) in [5.74, 6) is -1.47. The lowest BCUT2D eigenvalue weighted by Gasteiger charge is -2.30. The molecule has 190 valence electrons. The number of nitrogens with zero attached hydrogens (tertiary/aromatic N) is 7. The zero-order chi connectivity index (χ0) is 26.1. The Morgan fingerprint density at radius 3 is 2.57 bits per heavy atom. The topological polar surface area (TPSA) is 128 Å². The highest BCUT2D eigenvalue weighted by Crippen LogP contribution is 2.35. The molecule has 3 N–H and O–H groups in total. The molecule has 1 amide bonds. The van der Waals surface area contributed by atoms with Gasteiger partial charge in [0.25, 0.3) is 12.3 Å². The number of nitrogen functional groups attached to an aromatic ring is 1. The van der Waals surface area contributed by atoms with E-state index in [1.54, 1.807) is 23.3 Å². The highest BCUT2D eigenvalue weighted by molar-refractivity contribution is 6.31. The first-order valence-corrected chi connectivity index (χ1v) is 11.5. The summed E-state index contributed by atoms with van der Waals surface area (Å²) in [6, 6.07) is 2.01. The van der Waals surface area contributed by atoms with E-state index in [0.29, 0.717) is 18.2 Å². The van der Waals surface area contributed by atoms with Gasteiger partial charge in [0.2, 0.25) is 5.95 Å². The maximum Gasteiger partial charge on any atom is 0.278 e. The van der Waals surface area contributed by atoms with Crippen molar-refractivity contribution >= 4 is 35.0 Å². The molecule has 10 nitrogen and oxygen atoms in total. The van der Waals surface area contributed by atoms with Crippen molar-refractivity contribution in [3.05, 3.63) is 70.8 Å². The van der Waals surface area contributed by atoms with Crippen molar-refractivity contribution in [3.63, 3.8) is 0 Å². The maximum absolute atomic E-state index is 14.7. The Morgan fingerprint density at radius 1 is 1.14 bits per heavy atom. The molecule has 0 atom stereocenters. The molecule has 1 aliphatic heterocycles. The number of hydrogen-bond donors (Lipinski definition) is 2. The minimum Gasteiger partial charge on any atom is -0.382 e. The van der Waals surface area contributed by atoms with Crippen LogP contribution in [0.1, 0.15) is 34.5 Å². The number of halogens is 4. The Bertz CT molecular complexity index is 1460. The predicted octanol–water partition coefficient (Wildman–Crippen LogP) is 3.95. The molecule has 1 saturated heterocycles.